The van der Waals surface area contributed by atoms with E-state index in [1.807, 2.05) is 0 Å². The molecular formula is C31H36N2O. The Kier molecular flexibility index (Phi) is 5.97. The molecule has 0 fully saturated rings. The van der Waals surface area contributed by atoms with Crippen LogP contribution in [0.1, 0.15) is 70.5 Å². The first kappa shape index (κ1) is 22.7. The van der Waals surface area contributed by atoms with Crippen LogP contribution in [-0.2, 0) is 4.79 Å². The predicted octanol–water partition coefficient (Wildman–Crippen LogP) is 7.78. The predicted molar refractivity (Wildman–Crippen MR) is 144 cm³/mol. The number of anilines is 2. The summed E-state index contributed by atoms with van der Waals surface area (Å²) in [4.78, 5) is 16.1. The van der Waals surface area contributed by atoms with Gasteiger partial charge in [-0.1, -0.05) is 70.2 Å². The number of carbonyl (C=O) groups is 1. The van der Waals surface area contributed by atoms with Gasteiger partial charge in [-0.3, -0.25) is 4.79 Å². The molecule has 1 N–H and O–H groups in total. The standard InChI is InChI=1S/C31H36N2O/c1-5-17-33(18-6-2)23-14-11-22(12-15-23)30-25-19-31(3,4)20-27(34)29(25)28-24-10-8-7-9-21(24)13-16-26(28)32-30/h7-16,30,32H,5-6,17-20H2,1-4H3/t30-/m1/s1. The normalized spacial score (nSPS) is 18.9. The molecule has 0 spiro atoms. The van der Waals surface area contributed by atoms with Gasteiger partial charge >= 0.3 is 0 Å². The summed E-state index contributed by atoms with van der Waals surface area (Å²) in [6.45, 7) is 11.1. The Morgan fingerprint density at radius 1 is 0.912 bits per heavy atom. The molecule has 1 atom stereocenters. The van der Waals surface area contributed by atoms with Crippen molar-refractivity contribution >= 4 is 33.5 Å². The van der Waals surface area contributed by atoms with Gasteiger partial charge in [0.05, 0.1) is 6.04 Å². The Hall–Kier alpha value is -3.07. The van der Waals surface area contributed by atoms with Crippen LogP contribution in [0.4, 0.5) is 11.4 Å². The monoisotopic (exact) mass is 452 g/mol. The zero-order valence-electron chi connectivity index (χ0n) is 20.9. The van der Waals surface area contributed by atoms with Gasteiger partial charge in [0, 0.05) is 42.0 Å². The van der Waals surface area contributed by atoms with Crippen LogP contribution in [0.25, 0.3) is 16.3 Å². The van der Waals surface area contributed by atoms with Crippen LogP contribution in [0.2, 0.25) is 0 Å². The summed E-state index contributed by atoms with van der Waals surface area (Å²) >= 11 is 0. The number of nitrogens with zero attached hydrogens (tertiary/aromatic N) is 1. The molecular weight excluding hydrogens is 416 g/mol. The minimum atomic E-state index is -0.0308. The van der Waals surface area contributed by atoms with E-state index in [4.69, 9.17) is 0 Å². The van der Waals surface area contributed by atoms with Crippen LogP contribution in [0.3, 0.4) is 0 Å². The summed E-state index contributed by atoms with van der Waals surface area (Å²) in [6.07, 6.45) is 3.81. The number of allylic oxidation sites excluding steroid dienone is 1. The molecule has 0 saturated carbocycles. The molecule has 5 rings (SSSR count). The van der Waals surface area contributed by atoms with Gasteiger partial charge in [0.15, 0.2) is 5.78 Å². The molecule has 3 heteroatoms. The maximum Gasteiger partial charge on any atom is 0.164 e. The SMILES string of the molecule is CCCN(CCC)c1ccc([C@H]2Nc3ccc4ccccc4c3C3=C2CC(C)(C)CC3=O)cc1. The number of ketones is 1. The van der Waals surface area contributed by atoms with Crippen LogP contribution in [0, 0.1) is 5.41 Å². The number of hydrogen-bond donors (Lipinski definition) is 1. The number of benzene rings is 3. The lowest BCUT2D eigenvalue weighted by molar-refractivity contribution is -0.116. The smallest absolute Gasteiger partial charge is 0.164 e. The van der Waals surface area contributed by atoms with E-state index in [-0.39, 0.29) is 17.2 Å². The fourth-order valence-corrected chi connectivity index (χ4v) is 5.89. The molecule has 0 bridgehead atoms. The van der Waals surface area contributed by atoms with Crippen molar-refractivity contribution in [3.05, 3.63) is 77.4 Å². The average molecular weight is 453 g/mol. The fourth-order valence-electron chi connectivity index (χ4n) is 5.89. The van der Waals surface area contributed by atoms with Gasteiger partial charge < -0.3 is 10.2 Å². The molecule has 1 aliphatic carbocycles. The van der Waals surface area contributed by atoms with Crippen molar-refractivity contribution in [1.82, 2.24) is 0 Å². The van der Waals surface area contributed by atoms with E-state index in [0.717, 1.165) is 54.6 Å². The lowest BCUT2D eigenvalue weighted by Gasteiger charge is -2.40. The van der Waals surface area contributed by atoms with E-state index in [0.29, 0.717) is 6.42 Å². The highest BCUT2D eigenvalue weighted by atomic mass is 16.1. The number of Topliss-reactive ketones (excluding diaryl/α,β-unsaturated/α-hetero) is 1. The molecule has 3 aromatic carbocycles. The summed E-state index contributed by atoms with van der Waals surface area (Å²) < 4.78 is 0. The minimum absolute atomic E-state index is 0.0204. The molecule has 0 unspecified atom stereocenters. The van der Waals surface area contributed by atoms with Gasteiger partial charge in [-0.2, -0.15) is 0 Å². The Morgan fingerprint density at radius 2 is 1.62 bits per heavy atom. The average Bonchev–Trinajstić information content (AvgIpc) is 2.82. The highest BCUT2D eigenvalue weighted by Gasteiger charge is 2.40. The summed E-state index contributed by atoms with van der Waals surface area (Å²) in [5.74, 6) is 0.282. The molecule has 3 aromatic rings. The fraction of sp³-hybridized carbons (Fsp3) is 0.387. The zero-order valence-corrected chi connectivity index (χ0v) is 20.9. The number of carbonyl (C=O) groups excluding carboxylic acids is 1. The Labute approximate surface area is 203 Å². The van der Waals surface area contributed by atoms with Gasteiger partial charge in [0.2, 0.25) is 0 Å². The maximum atomic E-state index is 13.6. The second kappa shape index (κ2) is 8.94. The molecule has 2 aliphatic rings. The third-order valence-corrected chi connectivity index (χ3v) is 7.31. The molecule has 3 nitrogen and oxygen atoms in total. The summed E-state index contributed by atoms with van der Waals surface area (Å²) in [6, 6.07) is 21.8. The van der Waals surface area contributed by atoms with Crippen molar-refractivity contribution < 1.29 is 4.79 Å². The molecule has 0 radical (unpaired) electrons. The van der Waals surface area contributed by atoms with E-state index in [1.54, 1.807) is 0 Å². The maximum absolute atomic E-state index is 13.6. The van der Waals surface area contributed by atoms with E-state index in [9.17, 15) is 4.79 Å². The first-order valence-corrected chi connectivity index (χ1v) is 12.8. The molecule has 176 valence electrons. The van der Waals surface area contributed by atoms with E-state index in [1.165, 1.54) is 22.2 Å². The van der Waals surface area contributed by atoms with Gasteiger partial charge in [-0.15, -0.1) is 0 Å². The van der Waals surface area contributed by atoms with E-state index in [2.05, 4.69) is 98.6 Å². The molecule has 34 heavy (non-hydrogen) atoms. The first-order valence-electron chi connectivity index (χ1n) is 12.8. The van der Waals surface area contributed by atoms with Crippen LogP contribution in [0.15, 0.2) is 66.2 Å². The Balaban J connectivity index is 1.62. The Morgan fingerprint density at radius 3 is 2.32 bits per heavy atom. The van der Waals surface area contributed by atoms with E-state index >= 15 is 0 Å². The lowest BCUT2D eigenvalue weighted by Crippen LogP contribution is -2.32. The number of nitrogens with one attached hydrogen (secondary N) is 1. The molecule has 1 aliphatic heterocycles. The van der Waals surface area contributed by atoms with Crippen molar-refractivity contribution in [2.24, 2.45) is 5.41 Å². The second-order valence-electron chi connectivity index (χ2n) is 10.7. The summed E-state index contributed by atoms with van der Waals surface area (Å²) in [5.41, 5.74) is 6.85. The zero-order chi connectivity index (χ0) is 23.9. The van der Waals surface area contributed by atoms with Crippen molar-refractivity contribution in [3.63, 3.8) is 0 Å². The third kappa shape index (κ3) is 4.02. The molecule has 0 amide bonds. The van der Waals surface area contributed by atoms with Gasteiger partial charge in [-0.25, -0.2) is 0 Å². The molecule has 1 heterocycles. The largest absolute Gasteiger partial charge is 0.374 e. The quantitative estimate of drug-likeness (QED) is 0.414. The van der Waals surface area contributed by atoms with Crippen molar-refractivity contribution in [3.8, 4) is 0 Å². The Bertz CT molecular complexity index is 1250. The van der Waals surface area contributed by atoms with Gasteiger partial charge in [-0.05, 0) is 64.8 Å². The van der Waals surface area contributed by atoms with Gasteiger partial charge in [0.25, 0.3) is 0 Å². The third-order valence-electron chi connectivity index (χ3n) is 7.31. The first-order chi connectivity index (χ1) is 16.4. The summed E-state index contributed by atoms with van der Waals surface area (Å²) in [5, 5.41) is 6.18. The highest BCUT2D eigenvalue weighted by Crippen LogP contribution is 2.51. The van der Waals surface area contributed by atoms with Crippen molar-refractivity contribution in [1.29, 1.82) is 0 Å². The van der Waals surface area contributed by atoms with Crippen LogP contribution in [-0.4, -0.2) is 18.9 Å². The second-order valence-corrected chi connectivity index (χ2v) is 10.7. The number of rotatable bonds is 6. The van der Waals surface area contributed by atoms with Crippen LogP contribution < -0.4 is 10.2 Å². The number of fused-ring (bicyclic) bond motifs is 4. The number of hydrogen-bond acceptors (Lipinski definition) is 3. The van der Waals surface area contributed by atoms with E-state index < -0.39 is 0 Å². The van der Waals surface area contributed by atoms with Gasteiger partial charge in [0.1, 0.15) is 0 Å². The topological polar surface area (TPSA) is 32.3 Å². The molecule has 0 saturated heterocycles. The minimum Gasteiger partial charge on any atom is -0.374 e. The molecule has 0 aromatic heterocycles. The van der Waals surface area contributed by atoms with Crippen molar-refractivity contribution in [2.75, 3.05) is 23.3 Å². The highest BCUT2D eigenvalue weighted by molar-refractivity contribution is 6.28. The van der Waals surface area contributed by atoms with Crippen molar-refractivity contribution in [2.45, 2.75) is 59.4 Å². The van der Waals surface area contributed by atoms with Crippen LogP contribution >= 0.6 is 0 Å². The lowest BCUT2D eigenvalue weighted by atomic mass is 9.68. The summed E-state index contributed by atoms with van der Waals surface area (Å²) in [7, 11) is 0. The van der Waals surface area contributed by atoms with Crippen LogP contribution in [0.5, 0.6) is 0 Å².